The first-order chi connectivity index (χ1) is 9.60. The summed E-state index contributed by atoms with van der Waals surface area (Å²) in [6.45, 7) is 8.18. The fourth-order valence-corrected chi connectivity index (χ4v) is 2.65. The average molecular weight is 285 g/mol. The molecule has 5 heteroatoms. The van der Waals surface area contributed by atoms with Crippen LogP contribution in [0.3, 0.4) is 0 Å². The SMILES string of the molecule is CCOC(=O)C(CC)(CN1CCCCC1)C(=O)OCC. The van der Waals surface area contributed by atoms with Crippen LogP contribution in [0.2, 0.25) is 0 Å². The van der Waals surface area contributed by atoms with Crippen molar-refractivity contribution in [2.24, 2.45) is 5.41 Å². The van der Waals surface area contributed by atoms with Gasteiger partial charge in [0.25, 0.3) is 0 Å². The van der Waals surface area contributed by atoms with E-state index in [4.69, 9.17) is 9.47 Å². The van der Waals surface area contributed by atoms with E-state index in [1.807, 2.05) is 6.92 Å². The summed E-state index contributed by atoms with van der Waals surface area (Å²) in [5.41, 5.74) is -1.18. The minimum atomic E-state index is -1.18. The summed E-state index contributed by atoms with van der Waals surface area (Å²) in [6.07, 6.45) is 3.85. The van der Waals surface area contributed by atoms with Crippen LogP contribution in [-0.2, 0) is 19.1 Å². The van der Waals surface area contributed by atoms with Crippen LogP contribution in [0.15, 0.2) is 0 Å². The summed E-state index contributed by atoms with van der Waals surface area (Å²) in [5, 5.41) is 0. The van der Waals surface area contributed by atoms with Gasteiger partial charge in [-0.1, -0.05) is 13.3 Å². The van der Waals surface area contributed by atoms with Gasteiger partial charge >= 0.3 is 11.9 Å². The number of piperidine rings is 1. The molecule has 1 aliphatic heterocycles. The van der Waals surface area contributed by atoms with Gasteiger partial charge in [0.15, 0.2) is 5.41 Å². The van der Waals surface area contributed by atoms with Crippen molar-refractivity contribution < 1.29 is 19.1 Å². The molecule has 0 aromatic heterocycles. The van der Waals surface area contributed by atoms with Gasteiger partial charge in [-0.3, -0.25) is 9.59 Å². The number of carbonyl (C=O) groups is 2. The lowest BCUT2D eigenvalue weighted by atomic mass is 9.83. The van der Waals surface area contributed by atoms with Crippen LogP contribution in [0.5, 0.6) is 0 Å². The zero-order valence-electron chi connectivity index (χ0n) is 12.9. The fourth-order valence-electron chi connectivity index (χ4n) is 2.65. The minimum absolute atomic E-state index is 0.278. The fraction of sp³-hybridized carbons (Fsp3) is 0.867. The van der Waals surface area contributed by atoms with E-state index in [-0.39, 0.29) is 13.2 Å². The molecule has 0 amide bonds. The Bertz CT molecular complexity index is 306. The second-order valence-corrected chi connectivity index (χ2v) is 5.21. The van der Waals surface area contributed by atoms with Gasteiger partial charge in [-0.25, -0.2) is 0 Å². The Morgan fingerprint density at radius 1 is 0.950 bits per heavy atom. The number of hydrogen-bond donors (Lipinski definition) is 0. The molecule has 1 aliphatic rings. The number of rotatable bonds is 7. The Balaban J connectivity index is 2.90. The predicted octanol–water partition coefficient (Wildman–Crippen LogP) is 1.99. The molecule has 0 atom stereocenters. The first kappa shape index (κ1) is 17.0. The minimum Gasteiger partial charge on any atom is -0.465 e. The lowest BCUT2D eigenvalue weighted by molar-refractivity contribution is -0.174. The van der Waals surface area contributed by atoms with E-state index in [0.29, 0.717) is 13.0 Å². The van der Waals surface area contributed by atoms with Crippen LogP contribution in [0.1, 0.15) is 46.5 Å². The van der Waals surface area contributed by atoms with Crippen LogP contribution in [0.4, 0.5) is 0 Å². The Hall–Kier alpha value is -1.10. The molecule has 0 saturated carbocycles. The highest BCUT2D eigenvalue weighted by molar-refractivity contribution is 6.00. The van der Waals surface area contributed by atoms with Crippen molar-refractivity contribution in [2.45, 2.75) is 46.5 Å². The zero-order chi connectivity index (χ0) is 15.0. The number of nitrogens with zero attached hydrogens (tertiary/aromatic N) is 1. The molecule has 0 aliphatic carbocycles. The van der Waals surface area contributed by atoms with Crippen LogP contribution < -0.4 is 0 Å². The van der Waals surface area contributed by atoms with Crippen LogP contribution in [0, 0.1) is 5.41 Å². The van der Waals surface area contributed by atoms with E-state index >= 15 is 0 Å². The molecule has 20 heavy (non-hydrogen) atoms. The van der Waals surface area contributed by atoms with Gasteiger partial charge in [-0.15, -0.1) is 0 Å². The van der Waals surface area contributed by atoms with E-state index in [0.717, 1.165) is 25.9 Å². The van der Waals surface area contributed by atoms with Gasteiger partial charge in [0.2, 0.25) is 0 Å². The number of carbonyl (C=O) groups excluding carboxylic acids is 2. The summed E-state index contributed by atoms with van der Waals surface area (Å²) in [6, 6.07) is 0. The maximum atomic E-state index is 12.3. The second kappa shape index (κ2) is 8.25. The zero-order valence-corrected chi connectivity index (χ0v) is 12.9. The standard InChI is InChI=1S/C15H27NO4/c1-4-15(13(17)19-5-2,14(18)20-6-3)12-16-10-8-7-9-11-16/h4-12H2,1-3H3. The molecule has 0 N–H and O–H groups in total. The molecule has 1 rings (SSSR count). The largest absolute Gasteiger partial charge is 0.465 e. The average Bonchev–Trinajstić information content (AvgIpc) is 2.46. The molecule has 1 fully saturated rings. The molecule has 1 saturated heterocycles. The number of ether oxygens (including phenoxy) is 2. The molecule has 5 nitrogen and oxygen atoms in total. The molecular formula is C15H27NO4. The molecule has 1 heterocycles. The van der Waals surface area contributed by atoms with Crippen molar-refractivity contribution in [1.29, 1.82) is 0 Å². The molecular weight excluding hydrogens is 258 g/mol. The first-order valence-electron chi connectivity index (χ1n) is 7.67. The van der Waals surface area contributed by atoms with Gasteiger partial charge in [-0.05, 0) is 46.2 Å². The van der Waals surface area contributed by atoms with E-state index in [1.54, 1.807) is 13.8 Å². The number of hydrogen-bond acceptors (Lipinski definition) is 5. The Morgan fingerprint density at radius 3 is 1.85 bits per heavy atom. The van der Waals surface area contributed by atoms with E-state index in [2.05, 4.69) is 4.90 Å². The topological polar surface area (TPSA) is 55.8 Å². The van der Waals surface area contributed by atoms with Crippen molar-refractivity contribution in [3.05, 3.63) is 0 Å². The molecule has 0 radical (unpaired) electrons. The van der Waals surface area contributed by atoms with Gasteiger partial charge in [0.1, 0.15) is 0 Å². The van der Waals surface area contributed by atoms with Crippen molar-refractivity contribution in [1.82, 2.24) is 4.90 Å². The van der Waals surface area contributed by atoms with E-state index in [9.17, 15) is 9.59 Å². The first-order valence-corrected chi connectivity index (χ1v) is 7.67. The maximum Gasteiger partial charge on any atom is 0.324 e. The van der Waals surface area contributed by atoms with Gasteiger partial charge in [0, 0.05) is 6.54 Å². The number of likely N-dealkylation sites (tertiary alicyclic amines) is 1. The predicted molar refractivity (Wildman–Crippen MR) is 76.3 cm³/mol. The Morgan fingerprint density at radius 2 is 1.45 bits per heavy atom. The summed E-state index contributed by atoms with van der Waals surface area (Å²) >= 11 is 0. The highest BCUT2D eigenvalue weighted by atomic mass is 16.6. The summed E-state index contributed by atoms with van der Waals surface area (Å²) in [4.78, 5) is 26.9. The molecule has 0 bridgehead atoms. The monoisotopic (exact) mass is 285 g/mol. The van der Waals surface area contributed by atoms with Gasteiger partial charge in [0.05, 0.1) is 13.2 Å². The molecule has 0 unspecified atom stereocenters. The number of esters is 2. The summed E-state index contributed by atoms with van der Waals surface area (Å²) < 4.78 is 10.3. The van der Waals surface area contributed by atoms with Crippen LogP contribution in [-0.4, -0.2) is 49.7 Å². The third-order valence-electron chi connectivity index (χ3n) is 3.88. The molecule has 0 spiro atoms. The lowest BCUT2D eigenvalue weighted by Gasteiger charge is -2.35. The maximum absolute atomic E-state index is 12.3. The van der Waals surface area contributed by atoms with Crippen LogP contribution >= 0.6 is 0 Å². The van der Waals surface area contributed by atoms with Crippen LogP contribution in [0.25, 0.3) is 0 Å². The third kappa shape index (κ3) is 3.95. The van der Waals surface area contributed by atoms with Crippen molar-refractivity contribution >= 4 is 11.9 Å². The summed E-state index contributed by atoms with van der Waals surface area (Å²) in [5.74, 6) is -0.905. The van der Waals surface area contributed by atoms with Gasteiger partial charge < -0.3 is 14.4 Å². The van der Waals surface area contributed by atoms with Crippen molar-refractivity contribution in [3.63, 3.8) is 0 Å². The smallest absolute Gasteiger partial charge is 0.324 e. The summed E-state index contributed by atoms with van der Waals surface area (Å²) in [7, 11) is 0. The highest BCUT2D eigenvalue weighted by Crippen LogP contribution is 2.29. The van der Waals surface area contributed by atoms with E-state index in [1.165, 1.54) is 6.42 Å². The molecule has 116 valence electrons. The Kier molecular flexibility index (Phi) is 6.99. The Labute approximate surface area is 121 Å². The van der Waals surface area contributed by atoms with Crippen molar-refractivity contribution in [2.75, 3.05) is 32.8 Å². The van der Waals surface area contributed by atoms with E-state index < -0.39 is 17.4 Å². The quantitative estimate of drug-likeness (QED) is 0.529. The highest BCUT2D eigenvalue weighted by Gasteiger charge is 2.48. The second-order valence-electron chi connectivity index (χ2n) is 5.21. The third-order valence-corrected chi connectivity index (χ3v) is 3.88. The molecule has 0 aromatic rings. The van der Waals surface area contributed by atoms with Gasteiger partial charge in [-0.2, -0.15) is 0 Å². The normalized spacial score (nSPS) is 16.8. The molecule has 0 aromatic carbocycles. The van der Waals surface area contributed by atoms with Crippen molar-refractivity contribution in [3.8, 4) is 0 Å². The lowest BCUT2D eigenvalue weighted by Crippen LogP contribution is -2.51.